The third-order valence-corrected chi connectivity index (χ3v) is 2.45. The van der Waals surface area contributed by atoms with Gasteiger partial charge in [0, 0.05) is 12.2 Å². The molecule has 3 nitrogen and oxygen atoms in total. The molecule has 0 saturated heterocycles. The lowest BCUT2D eigenvalue weighted by atomic mass is 10.1. The van der Waals surface area contributed by atoms with Gasteiger partial charge in [0.05, 0.1) is 12.2 Å². The van der Waals surface area contributed by atoms with Gasteiger partial charge in [0.15, 0.2) is 0 Å². The number of hydrogen-bond acceptors (Lipinski definition) is 3. The van der Waals surface area contributed by atoms with Gasteiger partial charge in [-0.15, -0.1) is 0 Å². The van der Waals surface area contributed by atoms with Crippen molar-refractivity contribution in [3.8, 4) is 5.75 Å². The van der Waals surface area contributed by atoms with Crippen LogP contribution in [-0.2, 0) is 0 Å². The van der Waals surface area contributed by atoms with Crippen LogP contribution in [0.2, 0.25) is 0 Å². The highest BCUT2D eigenvalue weighted by atomic mass is 16.5. The first kappa shape index (κ1) is 10.1. The number of nitrogen functional groups attached to an aromatic ring is 1. The average Bonchev–Trinajstić information content (AvgIpc) is 2.18. The van der Waals surface area contributed by atoms with E-state index in [1.807, 2.05) is 18.2 Å². The van der Waals surface area contributed by atoms with E-state index < -0.39 is 0 Å². The maximum Gasteiger partial charge on any atom is 0.142 e. The SMILES string of the molecule is C[C](C)CN1CCOc2ccc(N)cc21. The number of hydrogen-bond donors (Lipinski definition) is 1. The molecule has 0 unspecified atom stereocenters. The van der Waals surface area contributed by atoms with Gasteiger partial charge in [-0.05, 0) is 24.1 Å². The third-order valence-electron chi connectivity index (χ3n) is 2.45. The molecule has 1 heterocycles. The van der Waals surface area contributed by atoms with Gasteiger partial charge in [0.25, 0.3) is 0 Å². The molecule has 1 aromatic rings. The minimum absolute atomic E-state index is 0.754. The second-order valence-corrected chi connectivity index (χ2v) is 4.20. The molecule has 0 atom stereocenters. The predicted molar refractivity (Wildman–Crippen MR) is 63.2 cm³/mol. The second-order valence-electron chi connectivity index (χ2n) is 4.20. The lowest BCUT2D eigenvalue weighted by Gasteiger charge is -2.32. The van der Waals surface area contributed by atoms with E-state index in [-0.39, 0.29) is 0 Å². The molecule has 1 aliphatic rings. The van der Waals surface area contributed by atoms with Crippen LogP contribution in [0.15, 0.2) is 18.2 Å². The molecule has 0 aromatic heterocycles. The Labute approximate surface area is 90.8 Å². The van der Waals surface area contributed by atoms with E-state index in [0.717, 1.165) is 36.8 Å². The van der Waals surface area contributed by atoms with Crippen molar-refractivity contribution in [1.82, 2.24) is 0 Å². The molecule has 15 heavy (non-hydrogen) atoms. The molecule has 0 saturated carbocycles. The molecule has 3 heteroatoms. The number of anilines is 2. The van der Waals surface area contributed by atoms with E-state index in [1.165, 1.54) is 5.92 Å². The fourth-order valence-electron chi connectivity index (χ4n) is 1.84. The standard InChI is InChI=1S/C12H17N2O/c1-9(2)8-14-5-6-15-12-4-3-10(13)7-11(12)14/h3-4,7H,5-6,8,13H2,1-2H3. The van der Waals surface area contributed by atoms with E-state index in [0.29, 0.717) is 0 Å². The Balaban J connectivity index is 2.28. The number of fused-ring (bicyclic) bond motifs is 1. The van der Waals surface area contributed by atoms with Crippen molar-refractivity contribution in [2.75, 3.05) is 30.3 Å². The minimum atomic E-state index is 0.754. The molecule has 1 aliphatic heterocycles. The maximum atomic E-state index is 5.79. The van der Waals surface area contributed by atoms with Crippen LogP contribution >= 0.6 is 0 Å². The summed E-state index contributed by atoms with van der Waals surface area (Å²) in [5, 5.41) is 0. The Morgan fingerprint density at radius 2 is 2.27 bits per heavy atom. The molecular weight excluding hydrogens is 188 g/mol. The maximum absolute atomic E-state index is 5.79. The van der Waals surface area contributed by atoms with Crippen molar-refractivity contribution < 1.29 is 4.74 Å². The molecule has 2 N–H and O–H groups in total. The number of ether oxygens (including phenoxy) is 1. The average molecular weight is 205 g/mol. The first-order valence-corrected chi connectivity index (χ1v) is 5.23. The largest absolute Gasteiger partial charge is 0.490 e. The Hall–Kier alpha value is -1.38. The number of nitrogens with zero attached hydrogens (tertiary/aromatic N) is 1. The summed E-state index contributed by atoms with van der Waals surface area (Å²) in [6, 6.07) is 5.81. The van der Waals surface area contributed by atoms with Crippen LogP contribution in [0.25, 0.3) is 0 Å². The highest BCUT2D eigenvalue weighted by Crippen LogP contribution is 2.33. The molecule has 81 valence electrons. The van der Waals surface area contributed by atoms with Gasteiger partial charge in [0.2, 0.25) is 0 Å². The summed E-state index contributed by atoms with van der Waals surface area (Å²) in [6.45, 7) is 6.94. The molecule has 0 spiro atoms. The summed E-state index contributed by atoms with van der Waals surface area (Å²) < 4.78 is 5.58. The highest BCUT2D eigenvalue weighted by Gasteiger charge is 2.18. The fourth-order valence-corrected chi connectivity index (χ4v) is 1.84. The fraction of sp³-hybridized carbons (Fsp3) is 0.417. The predicted octanol–water partition coefficient (Wildman–Crippen LogP) is 2.08. The molecule has 0 fully saturated rings. The number of rotatable bonds is 2. The van der Waals surface area contributed by atoms with Crippen molar-refractivity contribution in [2.24, 2.45) is 0 Å². The molecule has 1 aromatic carbocycles. The summed E-state index contributed by atoms with van der Waals surface area (Å²) in [5.74, 6) is 2.34. The van der Waals surface area contributed by atoms with Crippen molar-refractivity contribution in [3.05, 3.63) is 24.1 Å². The summed E-state index contributed by atoms with van der Waals surface area (Å²) in [7, 11) is 0. The van der Waals surface area contributed by atoms with Gasteiger partial charge in [-0.1, -0.05) is 13.8 Å². The Morgan fingerprint density at radius 3 is 3.00 bits per heavy atom. The molecule has 1 radical (unpaired) electrons. The van der Waals surface area contributed by atoms with Crippen molar-refractivity contribution in [3.63, 3.8) is 0 Å². The zero-order valence-electron chi connectivity index (χ0n) is 9.29. The third kappa shape index (κ3) is 2.17. The lowest BCUT2D eigenvalue weighted by Crippen LogP contribution is -2.35. The van der Waals surface area contributed by atoms with E-state index in [9.17, 15) is 0 Å². The van der Waals surface area contributed by atoms with Crippen LogP contribution in [-0.4, -0.2) is 19.7 Å². The molecule has 0 bridgehead atoms. The Bertz CT molecular complexity index is 349. The summed E-state index contributed by atoms with van der Waals surface area (Å²) in [6.07, 6.45) is 0. The molecule has 2 rings (SSSR count). The summed E-state index contributed by atoms with van der Waals surface area (Å²) in [5.41, 5.74) is 7.69. The van der Waals surface area contributed by atoms with Crippen molar-refractivity contribution in [2.45, 2.75) is 13.8 Å². The van der Waals surface area contributed by atoms with E-state index >= 15 is 0 Å². The second kappa shape index (κ2) is 4.01. The van der Waals surface area contributed by atoms with Gasteiger partial charge in [0.1, 0.15) is 12.4 Å². The van der Waals surface area contributed by atoms with Crippen molar-refractivity contribution >= 4 is 11.4 Å². The van der Waals surface area contributed by atoms with Crippen LogP contribution in [0.5, 0.6) is 5.75 Å². The lowest BCUT2D eigenvalue weighted by molar-refractivity contribution is 0.308. The molecule has 0 aliphatic carbocycles. The van der Waals surface area contributed by atoms with Crippen LogP contribution in [0, 0.1) is 5.92 Å². The summed E-state index contributed by atoms with van der Waals surface area (Å²) >= 11 is 0. The zero-order valence-corrected chi connectivity index (χ0v) is 9.29. The monoisotopic (exact) mass is 205 g/mol. The van der Waals surface area contributed by atoms with Gasteiger partial charge in [-0.3, -0.25) is 0 Å². The first-order valence-electron chi connectivity index (χ1n) is 5.23. The number of nitrogens with two attached hydrogens (primary N) is 1. The highest BCUT2D eigenvalue weighted by molar-refractivity contribution is 5.66. The van der Waals surface area contributed by atoms with Gasteiger partial charge in [-0.2, -0.15) is 0 Å². The normalized spacial score (nSPS) is 15.0. The molecule has 0 amide bonds. The Morgan fingerprint density at radius 1 is 1.47 bits per heavy atom. The first-order chi connectivity index (χ1) is 7.16. The van der Waals surface area contributed by atoms with E-state index in [4.69, 9.17) is 10.5 Å². The molecular formula is C12H17N2O. The topological polar surface area (TPSA) is 38.5 Å². The van der Waals surface area contributed by atoms with E-state index in [1.54, 1.807) is 0 Å². The van der Waals surface area contributed by atoms with Crippen molar-refractivity contribution in [1.29, 1.82) is 0 Å². The number of benzene rings is 1. The van der Waals surface area contributed by atoms with Gasteiger partial charge >= 0.3 is 0 Å². The van der Waals surface area contributed by atoms with Crippen LogP contribution in [0.3, 0.4) is 0 Å². The zero-order chi connectivity index (χ0) is 10.8. The van der Waals surface area contributed by atoms with E-state index in [2.05, 4.69) is 18.7 Å². The minimum Gasteiger partial charge on any atom is -0.490 e. The van der Waals surface area contributed by atoms with Crippen LogP contribution in [0.4, 0.5) is 11.4 Å². The van der Waals surface area contributed by atoms with Gasteiger partial charge < -0.3 is 15.4 Å². The van der Waals surface area contributed by atoms with Gasteiger partial charge in [-0.25, -0.2) is 0 Å². The quantitative estimate of drug-likeness (QED) is 0.751. The van der Waals surface area contributed by atoms with Crippen LogP contribution in [0.1, 0.15) is 13.8 Å². The summed E-state index contributed by atoms with van der Waals surface area (Å²) in [4.78, 5) is 2.31. The van der Waals surface area contributed by atoms with Crippen LogP contribution < -0.4 is 15.4 Å². The Kier molecular flexibility index (Phi) is 2.71. The smallest absolute Gasteiger partial charge is 0.142 e.